The molecule has 5 aromatic rings. The summed E-state index contributed by atoms with van der Waals surface area (Å²) in [4.78, 5) is 28.5. The molecule has 0 radical (unpaired) electrons. The zero-order chi connectivity index (χ0) is 27.7. The average molecular weight is 551 g/mol. The van der Waals surface area contributed by atoms with Crippen LogP contribution in [0.25, 0.3) is 28.0 Å². The summed E-state index contributed by atoms with van der Waals surface area (Å²) >= 11 is 6.43. The molecular weight excluding hydrogens is 533 g/mol. The van der Waals surface area contributed by atoms with Crippen LogP contribution < -0.4 is 5.32 Å². The lowest BCUT2D eigenvalue weighted by Crippen LogP contribution is -2.22. The molecule has 39 heavy (non-hydrogen) atoms. The van der Waals surface area contributed by atoms with Crippen molar-refractivity contribution in [2.75, 3.05) is 0 Å². The van der Waals surface area contributed by atoms with Crippen LogP contribution in [0.4, 0.5) is 13.2 Å². The second-order valence-corrected chi connectivity index (χ2v) is 8.96. The number of fused-ring (bicyclic) bond motifs is 1. The normalized spacial score (nSPS) is 11.5. The van der Waals surface area contributed by atoms with Crippen molar-refractivity contribution in [1.29, 1.82) is 0 Å². The number of benzene rings is 3. The lowest BCUT2D eigenvalue weighted by molar-refractivity contribution is -0.137. The van der Waals surface area contributed by atoms with E-state index in [1.54, 1.807) is 36.4 Å². The first-order chi connectivity index (χ1) is 18.6. The van der Waals surface area contributed by atoms with Crippen molar-refractivity contribution in [3.05, 3.63) is 112 Å². The molecule has 0 saturated heterocycles. The highest BCUT2D eigenvalue weighted by molar-refractivity contribution is 6.33. The van der Waals surface area contributed by atoms with E-state index in [2.05, 4.69) is 15.4 Å². The Labute approximate surface area is 224 Å². The van der Waals surface area contributed by atoms with Gasteiger partial charge in [0.25, 0.3) is 5.91 Å². The molecule has 0 unspecified atom stereocenters. The SMILES string of the molecule is O=C(O)c1ccc(CNC(=O)c2cnn3c(-c4ccc(C(F)(F)F)cc4)c(-c4ccccc4Cl)cnc23)cc1. The van der Waals surface area contributed by atoms with Gasteiger partial charge in [0.15, 0.2) is 5.65 Å². The Morgan fingerprint density at radius 2 is 1.62 bits per heavy atom. The largest absolute Gasteiger partial charge is 0.478 e. The van der Waals surface area contributed by atoms with Gasteiger partial charge in [0.2, 0.25) is 0 Å². The summed E-state index contributed by atoms with van der Waals surface area (Å²) in [6, 6.07) is 17.6. The zero-order valence-electron chi connectivity index (χ0n) is 19.9. The Morgan fingerprint density at radius 3 is 2.26 bits per heavy atom. The number of carboxylic acid groups (broad SMARTS) is 1. The number of aromatic carboxylic acids is 1. The monoisotopic (exact) mass is 550 g/mol. The van der Waals surface area contributed by atoms with Gasteiger partial charge in [-0.15, -0.1) is 0 Å². The number of nitrogens with zero attached hydrogens (tertiary/aromatic N) is 3. The highest BCUT2D eigenvalue weighted by Crippen LogP contribution is 2.37. The summed E-state index contributed by atoms with van der Waals surface area (Å²) in [5.41, 5.74) is 2.29. The molecule has 7 nitrogen and oxygen atoms in total. The lowest BCUT2D eigenvalue weighted by atomic mass is 9.99. The van der Waals surface area contributed by atoms with Gasteiger partial charge in [-0.05, 0) is 35.9 Å². The van der Waals surface area contributed by atoms with Gasteiger partial charge in [-0.1, -0.05) is 54.1 Å². The van der Waals surface area contributed by atoms with Crippen LogP contribution >= 0.6 is 11.6 Å². The number of hydrogen-bond donors (Lipinski definition) is 2. The summed E-state index contributed by atoms with van der Waals surface area (Å²) in [6.07, 6.45) is -1.66. The van der Waals surface area contributed by atoms with Crippen molar-refractivity contribution in [3.8, 4) is 22.4 Å². The van der Waals surface area contributed by atoms with Crippen LogP contribution in [0.2, 0.25) is 5.02 Å². The third-order valence-corrected chi connectivity index (χ3v) is 6.40. The first kappa shape index (κ1) is 25.9. The minimum Gasteiger partial charge on any atom is -0.478 e. The van der Waals surface area contributed by atoms with Crippen molar-refractivity contribution in [3.63, 3.8) is 0 Å². The van der Waals surface area contributed by atoms with Crippen molar-refractivity contribution < 1.29 is 27.9 Å². The van der Waals surface area contributed by atoms with Crippen LogP contribution in [-0.4, -0.2) is 31.6 Å². The molecule has 0 aliphatic heterocycles. The average Bonchev–Trinajstić information content (AvgIpc) is 3.36. The van der Waals surface area contributed by atoms with Gasteiger partial charge in [0.05, 0.1) is 23.0 Å². The van der Waals surface area contributed by atoms with Crippen molar-refractivity contribution in [1.82, 2.24) is 19.9 Å². The van der Waals surface area contributed by atoms with Crippen molar-refractivity contribution >= 4 is 29.1 Å². The molecule has 0 bridgehead atoms. The first-order valence-corrected chi connectivity index (χ1v) is 11.9. The molecule has 11 heteroatoms. The summed E-state index contributed by atoms with van der Waals surface area (Å²) in [7, 11) is 0. The van der Waals surface area contributed by atoms with Gasteiger partial charge in [0.1, 0.15) is 5.56 Å². The smallest absolute Gasteiger partial charge is 0.416 e. The summed E-state index contributed by atoms with van der Waals surface area (Å²) in [5, 5.41) is 16.6. The second-order valence-electron chi connectivity index (χ2n) is 8.55. The van der Waals surface area contributed by atoms with Crippen LogP contribution in [0.3, 0.4) is 0 Å². The molecule has 3 aromatic carbocycles. The Kier molecular flexibility index (Phi) is 6.80. The van der Waals surface area contributed by atoms with Gasteiger partial charge >= 0.3 is 12.1 Å². The highest BCUT2D eigenvalue weighted by atomic mass is 35.5. The van der Waals surface area contributed by atoms with E-state index >= 15 is 0 Å². The van der Waals surface area contributed by atoms with E-state index in [9.17, 15) is 22.8 Å². The van der Waals surface area contributed by atoms with Crippen LogP contribution in [0, 0.1) is 0 Å². The highest BCUT2D eigenvalue weighted by Gasteiger charge is 2.30. The first-order valence-electron chi connectivity index (χ1n) is 11.5. The van der Waals surface area contributed by atoms with E-state index < -0.39 is 23.6 Å². The predicted octanol–water partition coefficient (Wildman–Crippen LogP) is 6.36. The second kappa shape index (κ2) is 10.2. The van der Waals surface area contributed by atoms with E-state index in [0.717, 1.165) is 12.1 Å². The number of amides is 1. The molecule has 1 amide bonds. The van der Waals surface area contributed by atoms with Gasteiger partial charge < -0.3 is 10.4 Å². The molecule has 0 atom stereocenters. The number of hydrogen-bond acceptors (Lipinski definition) is 4. The zero-order valence-corrected chi connectivity index (χ0v) is 20.7. The standard InChI is InChI=1S/C28H18ClF3N4O3/c29-23-4-2-1-3-20(23)21-14-33-25-22(26(37)34-13-16-5-7-18(8-6-16)27(38)39)15-35-36(25)24(21)17-9-11-19(12-10-17)28(30,31)32/h1-12,14-15H,13H2,(H,34,37)(H,38,39). The van der Waals surface area contributed by atoms with Crippen molar-refractivity contribution in [2.24, 2.45) is 0 Å². The number of carbonyl (C=O) groups excluding carboxylic acids is 1. The summed E-state index contributed by atoms with van der Waals surface area (Å²) in [6.45, 7) is 0.125. The molecular formula is C28H18ClF3N4O3. The number of alkyl halides is 3. The van der Waals surface area contributed by atoms with E-state index in [-0.39, 0.29) is 23.3 Å². The van der Waals surface area contributed by atoms with Gasteiger partial charge in [-0.3, -0.25) is 4.79 Å². The fraction of sp³-hybridized carbons (Fsp3) is 0.0714. The molecule has 0 saturated carbocycles. The number of halogens is 4. The van der Waals surface area contributed by atoms with Crippen LogP contribution in [0.1, 0.15) is 31.8 Å². The molecule has 0 fully saturated rings. The van der Waals surface area contributed by atoms with Crippen molar-refractivity contribution in [2.45, 2.75) is 12.7 Å². The Morgan fingerprint density at radius 1 is 0.923 bits per heavy atom. The lowest BCUT2D eigenvalue weighted by Gasteiger charge is -2.14. The topological polar surface area (TPSA) is 96.6 Å². The van der Waals surface area contributed by atoms with E-state index in [1.165, 1.54) is 41.2 Å². The van der Waals surface area contributed by atoms with Gasteiger partial charge in [-0.25, -0.2) is 14.3 Å². The minimum absolute atomic E-state index is 0.125. The van der Waals surface area contributed by atoms with Gasteiger partial charge in [-0.2, -0.15) is 18.3 Å². The molecule has 2 aromatic heterocycles. The summed E-state index contributed by atoms with van der Waals surface area (Å²) in [5.74, 6) is -1.54. The number of rotatable bonds is 6. The van der Waals surface area contributed by atoms with Crippen LogP contribution in [0.5, 0.6) is 0 Å². The third kappa shape index (κ3) is 5.19. The van der Waals surface area contributed by atoms with E-state index in [1.807, 2.05) is 0 Å². The quantitative estimate of drug-likeness (QED) is 0.256. The molecule has 196 valence electrons. The molecule has 0 aliphatic carbocycles. The molecule has 2 N–H and O–H groups in total. The molecule has 0 spiro atoms. The number of aromatic nitrogens is 3. The maximum atomic E-state index is 13.2. The van der Waals surface area contributed by atoms with Crippen LogP contribution in [0.15, 0.2) is 85.2 Å². The fourth-order valence-electron chi connectivity index (χ4n) is 4.11. The molecule has 5 rings (SSSR count). The number of carboxylic acids is 1. The predicted molar refractivity (Wildman–Crippen MR) is 138 cm³/mol. The van der Waals surface area contributed by atoms with Crippen LogP contribution in [-0.2, 0) is 12.7 Å². The Balaban J connectivity index is 1.55. The third-order valence-electron chi connectivity index (χ3n) is 6.07. The maximum Gasteiger partial charge on any atom is 0.416 e. The molecule has 0 aliphatic rings. The number of carbonyl (C=O) groups is 2. The number of nitrogens with one attached hydrogen (secondary N) is 1. The Hall–Kier alpha value is -4.70. The summed E-state index contributed by atoms with van der Waals surface area (Å²) < 4.78 is 41.0. The van der Waals surface area contributed by atoms with Gasteiger partial charge in [0, 0.05) is 34.5 Å². The van der Waals surface area contributed by atoms with E-state index in [0.29, 0.717) is 33.0 Å². The fourth-order valence-corrected chi connectivity index (χ4v) is 4.34. The van der Waals surface area contributed by atoms with E-state index in [4.69, 9.17) is 16.7 Å². The maximum absolute atomic E-state index is 13.2. The minimum atomic E-state index is -4.50. The Bertz CT molecular complexity index is 1700. The molecule has 2 heterocycles.